The molecule has 1 fully saturated rings. The molecule has 1 saturated carbocycles. The van der Waals surface area contributed by atoms with Crippen molar-refractivity contribution < 1.29 is 13.2 Å². The van der Waals surface area contributed by atoms with Crippen LogP contribution in [0.1, 0.15) is 50.2 Å². The van der Waals surface area contributed by atoms with Crippen LogP contribution in [-0.2, 0) is 6.18 Å². The highest BCUT2D eigenvalue weighted by Gasteiger charge is 2.30. The van der Waals surface area contributed by atoms with E-state index in [0.29, 0.717) is 5.56 Å². The molecule has 3 heteroatoms. The molecule has 0 aromatic heterocycles. The summed E-state index contributed by atoms with van der Waals surface area (Å²) < 4.78 is 37.9. The molecule has 0 N–H and O–H groups in total. The van der Waals surface area contributed by atoms with Crippen molar-refractivity contribution in [2.45, 2.75) is 45.2 Å². The van der Waals surface area contributed by atoms with Crippen molar-refractivity contribution in [2.24, 2.45) is 5.92 Å². The van der Waals surface area contributed by atoms with Crippen molar-refractivity contribution in [1.29, 1.82) is 0 Å². The highest BCUT2D eigenvalue weighted by atomic mass is 19.4. The van der Waals surface area contributed by atoms with Crippen LogP contribution in [-0.4, -0.2) is 0 Å². The highest BCUT2D eigenvalue weighted by Crippen LogP contribution is 2.33. The lowest BCUT2D eigenvalue weighted by Gasteiger charge is -2.22. The fraction of sp³-hybridized carbons (Fsp3) is 0.500. The van der Waals surface area contributed by atoms with E-state index in [0.717, 1.165) is 24.8 Å². The molecule has 0 radical (unpaired) electrons. The average Bonchev–Trinajstić information content (AvgIpc) is 2.39. The van der Waals surface area contributed by atoms with Gasteiger partial charge in [-0.2, -0.15) is 13.2 Å². The quantitative estimate of drug-likeness (QED) is 0.646. The second-order valence-electron chi connectivity index (χ2n) is 5.28. The van der Waals surface area contributed by atoms with Gasteiger partial charge in [-0.1, -0.05) is 37.1 Å². The lowest BCUT2D eigenvalue weighted by Crippen LogP contribution is -2.07. The van der Waals surface area contributed by atoms with Gasteiger partial charge >= 0.3 is 6.18 Å². The van der Waals surface area contributed by atoms with Gasteiger partial charge < -0.3 is 0 Å². The number of halogens is 3. The molecule has 0 bridgehead atoms. The molecule has 0 saturated heterocycles. The summed E-state index contributed by atoms with van der Waals surface area (Å²) in [6.07, 6.45) is 3.26. The van der Waals surface area contributed by atoms with Crippen LogP contribution in [0.5, 0.6) is 0 Å². The molecule has 104 valence electrons. The van der Waals surface area contributed by atoms with Gasteiger partial charge in [0.15, 0.2) is 0 Å². The molecule has 0 heterocycles. The zero-order valence-electron chi connectivity index (χ0n) is 11.1. The third kappa shape index (κ3) is 3.85. The van der Waals surface area contributed by atoms with Gasteiger partial charge in [0.25, 0.3) is 0 Å². The maximum atomic E-state index is 12.6. The van der Waals surface area contributed by atoms with Crippen molar-refractivity contribution in [3.63, 3.8) is 0 Å². The minimum Gasteiger partial charge on any atom is -0.166 e. The molecule has 1 aliphatic carbocycles. The predicted molar refractivity (Wildman–Crippen MR) is 71.7 cm³/mol. The fourth-order valence-corrected chi connectivity index (χ4v) is 2.64. The molecule has 1 aromatic rings. The molecule has 19 heavy (non-hydrogen) atoms. The Labute approximate surface area is 112 Å². The largest absolute Gasteiger partial charge is 0.416 e. The van der Waals surface area contributed by atoms with Crippen molar-refractivity contribution in [2.75, 3.05) is 0 Å². The molecule has 0 nitrogen and oxygen atoms in total. The maximum absolute atomic E-state index is 12.6. The van der Waals surface area contributed by atoms with Gasteiger partial charge in [-0.15, -0.1) is 0 Å². The van der Waals surface area contributed by atoms with Crippen LogP contribution in [0.3, 0.4) is 0 Å². The summed E-state index contributed by atoms with van der Waals surface area (Å²) in [6.45, 7) is 2.20. The molecule has 2 rings (SSSR count). The van der Waals surface area contributed by atoms with E-state index in [1.54, 1.807) is 6.07 Å². The van der Waals surface area contributed by atoms with Crippen LogP contribution in [0, 0.1) is 5.92 Å². The van der Waals surface area contributed by atoms with Crippen LogP contribution < -0.4 is 0 Å². The monoisotopic (exact) mass is 268 g/mol. The Balaban J connectivity index is 2.11. The van der Waals surface area contributed by atoms with Gasteiger partial charge in [-0.25, -0.2) is 0 Å². The minimum absolute atomic E-state index is 0.566. The number of rotatable bonds is 2. The van der Waals surface area contributed by atoms with Crippen molar-refractivity contribution in [1.82, 2.24) is 0 Å². The Morgan fingerprint density at radius 2 is 1.89 bits per heavy atom. The third-order valence-electron chi connectivity index (χ3n) is 3.91. The first-order valence-corrected chi connectivity index (χ1v) is 6.85. The van der Waals surface area contributed by atoms with Gasteiger partial charge in [-0.3, -0.25) is 0 Å². The lowest BCUT2D eigenvalue weighted by molar-refractivity contribution is -0.137. The second kappa shape index (κ2) is 5.81. The van der Waals surface area contributed by atoms with Gasteiger partial charge in [0.1, 0.15) is 0 Å². The Morgan fingerprint density at radius 3 is 2.47 bits per heavy atom. The van der Waals surface area contributed by atoms with E-state index in [4.69, 9.17) is 0 Å². The first-order valence-electron chi connectivity index (χ1n) is 6.85. The molecular weight excluding hydrogens is 249 g/mol. The molecule has 0 unspecified atom stereocenters. The van der Waals surface area contributed by atoms with Crippen LogP contribution in [0.25, 0.3) is 6.08 Å². The summed E-state index contributed by atoms with van der Waals surface area (Å²) in [5.41, 5.74) is 1.38. The summed E-state index contributed by atoms with van der Waals surface area (Å²) in [7, 11) is 0. The summed E-state index contributed by atoms with van der Waals surface area (Å²) in [5, 5.41) is 0. The topological polar surface area (TPSA) is 0 Å². The van der Waals surface area contributed by atoms with Gasteiger partial charge in [-0.05, 0) is 49.3 Å². The summed E-state index contributed by atoms with van der Waals surface area (Å²) >= 11 is 0. The number of hydrogen-bond acceptors (Lipinski definition) is 0. The minimum atomic E-state index is -4.26. The molecule has 1 aromatic carbocycles. The summed E-state index contributed by atoms with van der Waals surface area (Å²) in [5.74, 6) is 0.790. The van der Waals surface area contributed by atoms with Crippen LogP contribution in [0.4, 0.5) is 13.2 Å². The standard InChI is InChI=1S/C16H19F3/c1-2-12-6-8-13(9-7-12)10-14-4-3-5-15(11-14)16(17,18)19/h3-5,10-12H,2,6-9H2,1H3. The first kappa shape index (κ1) is 14.2. The van der Waals surface area contributed by atoms with Gasteiger partial charge in [0.05, 0.1) is 5.56 Å². The molecule has 1 aliphatic rings. The Kier molecular flexibility index (Phi) is 4.33. The molecule has 0 amide bonds. The predicted octanol–water partition coefficient (Wildman–Crippen LogP) is 5.69. The zero-order valence-corrected chi connectivity index (χ0v) is 11.1. The molecule has 0 atom stereocenters. The number of hydrogen-bond donors (Lipinski definition) is 0. The highest BCUT2D eigenvalue weighted by molar-refractivity contribution is 5.54. The Morgan fingerprint density at radius 1 is 1.21 bits per heavy atom. The third-order valence-corrected chi connectivity index (χ3v) is 3.91. The molecule has 0 aliphatic heterocycles. The Bertz CT molecular complexity index is 447. The number of allylic oxidation sites excluding steroid dienone is 1. The van der Waals surface area contributed by atoms with Crippen LogP contribution >= 0.6 is 0 Å². The van der Waals surface area contributed by atoms with Gasteiger partial charge in [0.2, 0.25) is 0 Å². The summed E-state index contributed by atoms with van der Waals surface area (Å²) in [4.78, 5) is 0. The molecular formula is C16H19F3. The van der Waals surface area contributed by atoms with E-state index in [2.05, 4.69) is 6.92 Å². The van der Waals surface area contributed by atoms with E-state index in [1.165, 1.54) is 37.0 Å². The zero-order chi connectivity index (χ0) is 13.9. The van der Waals surface area contributed by atoms with Crippen LogP contribution in [0.2, 0.25) is 0 Å². The molecule has 0 spiro atoms. The van der Waals surface area contributed by atoms with E-state index in [-0.39, 0.29) is 0 Å². The van der Waals surface area contributed by atoms with Crippen molar-refractivity contribution >= 4 is 6.08 Å². The smallest absolute Gasteiger partial charge is 0.166 e. The normalized spacial score (nSPS) is 20.4. The SMILES string of the molecule is CCC1CCC(=Cc2cccc(C(F)(F)F)c2)CC1. The van der Waals surface area contributed by atoms with Crippen molar-refractivity contribution in [3.05, 3.63) is 41.0 Å². The second-order valence-corrected chi connectivity index (χ2v) is 5.28. The number of alkyl halides is 3. The van der Waals surface area contributed by atoms with Crippen LogP contribution in [0.15, 0.2) is 29.8 Å². The average molecular weight is 268 g/mol. The van der Waals surface area contributed by atoms with E-state index in [9.17, 15) is 13.2 Å². The maximum Gasteiger partial charge on any atom is 0.416 e. The Hall–Kier alpha value is -1.25. The van der Waals surface area contributed by atoms with E-state index < -0.39 is 11.7 Å². The van der Waals surface area contributed by atoms with Gasteiger partial charge in [0, 0.05) is 0 Å². The summed E-state index contributed by atoms with van der Waals surface area (Å²) in [6, 6.07) is 5.58. The van der Waals surface area contributed by atoms with E-state index >= 15 is 0 Å². The van der Waals surface area contributed by atoms with Crippen molar-refractivity contribution in [3.8, 4) is 0 Å². The fourth-order valence-electron chi connectivity index (χ4n) is 2.64. The lowest BCUT2D eigenvalue weighted by atomic mass is 9.84. The number of benzene rings is 1. The first-order chi connectivity index (χ1) is 8.99. The van der Waals surface area contributed by atoms with E-state index in [1.807, 2.05) is 6.08 Å².